The zero-order chi connectivity index (χ0) is 17.0. The third-order valence-corrected chi connectivity index (χ3v) is 5.07. The van der Waals surface area contributed by atoms with Gasteiger partial charge in [0.2, 0.25) is 0 Å². The molecule has 1 aliphatic heterocycles. The minimum Gasteiger partial charge on any atom is -0.384 e. The van der Waals surface area contributed by atoms with Crippen molar-refractivity contribution in [3.05, 3.63) is 42.2 Å². The van der Waals surface area contributed by atoms with Gasteiger partial charge >= 0.3 is 10.1 Å². The molecule has 24 heavy (non-hydrogen) atoms. The Morgan fingerprint density at radius 1 is 1.33 bits per heavy atom. The fraction of sp³-hybridized carbons (Fsp3) is 0.438. The van der Waals surface area contributed by atoms with Gasteiger partial charge in [-0.15, -0.1) is 0 Å². The number of methoxy groups -OCH3 is 1. The van der Waals surface area contributed by atoms with Crippen LogP contribution in [0.4, 0.5) is 0 Å². The number of benzene rings is 1. The van der Waals surface area contributed by atoms with Crippen LogP contribution in [0.1, 0.15) is 18.0 Å². The lowest BCUT2D eigenvalue weighted by Gasteiger charge is -2.08. The molecule has 0 N–H and O–H groups in total. The predicted molar refractivity (Wildman–Crippen MR) is 86.5 cm³/mol. The fourth-order valence-corrected chi connectivity index (χ4v) is 3.36. The first-order valence-corrected chi connectivity index (χ1v) is 9.13. The van der Waals surface area contributed by atoms with Crippen molar-refractivity contribution in [2.45, 2.75) is 23.8 Å². The van der Waals surface area contributed by atoms with Gasteiger partial charge in [0.1, 0.15) is 10.6 Å². The molecule has 0 radical (unpaired) electrons. The van der Waals surface area contributed by atoms with Crippen molar-refractivity contribution in [2.24, 2.45) is 0 Å². The maximum atomic E-state index is 12.4. The number of aromatic nitrogens is 2. The largest absolute Gasteiger partial charge is 0.384 e. The number of nitrogens with zero attached hydrogens (tertiary/aromatic N) is 2. The molecule has 0 spiro atoms. The number of rotatable bonds is 7. The van der Waals surface area contributed by atoms with Crippen LogP contribution in [0, 0.1) is 0 Å². The summed E-state index contributed by atoms with van der Waals surface area (Å²) in [6.07, 6.45) is 4.38. The number of hydrogen-bond acceptors (Lipinski definition) is 6. The van der Waals surface area contributed by atoms with E-state index in [0.29, 0.717) is 19.8 Å². The van der Waals surface area contributed by atoms with Crippen LogP contribution >= 0.6 is 0 Å². The van der Waals surface area contributed by atoms with Crippen LogP contribution in [0.2, 0.25) is 0 Å². The standard InChI is InChI=1S/C16H20N2O5S/c1-21-8-6-13-2-4-15(5-3-13)23-24(19,20)16-10-17-18(11-16)14-7-9-22-12-14/h2-5,10-11,14H,6-9,12H2,1H3/t14-/m1/s1. The van der Waals surface area contributed by atoms with Gasteiger partial charge in [-0.25, -0.2) is 0 Å². The summed E-state index contributed by atoms with van der Waals surface area (Å²) >= 11 is 0. The maximum Gasteiger partial charge on any atom is 0.342 e. The molecule has 0 amide bonds. The molecular weight excluding hydrogens is 332 g/mol. The van der Waals surface area contributed by atoms with Crippen molar-refractivity contribution in [1.82, 2.24) is 9.78 Å². The van der Waals surface area contributed by atoms with Crippen LogP contribution in [0.3, 0.4) is 0 Å². The summed E-state index contributed by atoms with van der Waals surface area (Å²) in [5.74, 6) is 0.271. The van der Waals surface area contributed by atoms with Crippen molar-refractivity contribution in [3.63, 3.8) is 0 Å². The Morgan fingerprint density at radius 3 is 2.79 bits per heavy atom. The average Bonchev–Trinajstić information content (AvgIpc) is 3.25. The van der Waals surface area contributed by atoms with E-state index in [1.807, 2.05) is 12.1 Å². The second-order valence-corrected chi connectivity index (χ2v) is 7.14. The van der Waals surface area contributed by atoms with Gasteiger partial charge in [-0.1, -0.05) is 12.1 Å². The number of ether oxygens (including phenoxy) is 2. The van der Waals surface area contributed by atoms with E-state index < -0.39 is 10.1 Å². The molecule has 1 aromatic heterocycles. The van der Waals surface area contributed by atoms with Crippen molar-refractivity contribution < 1.29 is 22.1 Å². The Balaban J connectivity index is 1.69. The van der Waals surface area contributed by atoms with E-state index >= 15 is 0 Å². The molecule has 7 nitrogen and oxygen atoms in total. The smallest absolute Gasteiger partial charge is 0.342 e. The molecule has 1 atom stereocenters. The zero-order valence-corrected chi connectivity index (χ0v) is 14.2. The summed E-state index contributed by atoms with van der Waals surface area (Å²) in [4.78, 5) is 0.0397. The molecule has 1 aromatic carbocycles. The molecule has 1 aliphatic rings. The first-order valence-electron chi connectivity index (χ1n) is 7.73. The highest BCUT2D eigenvalue weighted by Crippen LogP contribution is 2.22. The summed E-state index contributed by atoms with van der Waals surface area (Å²) in [6, 6.07) is 7.00. The number of hydrogen-bond donors (Lipinski definition) is 0. The molecule has 3 rings (SSSR count). The van der Waals surface area contributed by atoms with Gasteiger partial charge in [0.25, 0.3) is 0 Å². The van der Waals surface area contributed by atoms with Gasteiger partial charge in [-0.3, -0.25) is 4.68 Å². The summed E-state index contributed by atoms with van der Waals surface area (Å²) in [7, 11) is -2.26. The Labute approximate surface area is 141 Å². The molecule has 2 aromatic rings. The van der Waals surface area contributed by atoms with Crippen LogP contribution < -0.4 is 4.18 Å². The van der Waals surface area contributed by atoms with Gasteiger partial charge in [-0.2, -0.15) is 13.5 Å². The van der Waals surface area contributed by atoms with E-state index in [4.69, 9.17) is 13.7 Å². The summed E-state index contributed by atoms with van der Waals surface area (Å²) in [5, 5.41) is 4.12. The molecular formula is C16H20N2O5S. The van der Waals surface area contributed by atoms with E-state index in [1.54, 1.807) is 23.9 Å². The van der Waals surface area contributed by atoms with Crippen molar-refractivity contribution in [3.8, 4) is 5.75 Å². The maximum absolute atomic E-state index is 12.4. The first kappa shape index (κ1) is 16.9. The normalized spacial score (nSPS) is 18.0. The van der Waals surface area contributed by atoms with Gasteiger partial charge in [0.15, 0.2) is 0 Å². The van der Waals surface area contributed by atoms with Gasteiger partial charge in [0.05, 0.1) is 25.5 Å². The van der Waals surface area contributed by atoms with Crippen molar-refractivity contribution in [2.75, 3.05) is 26.9 Å². The zero-order valence-electron chi connectivity index (χ0n) is 13.4. The molecule has 1 saturated heterocycles. The van der Waals surface area contributed by atoms with E-state index in [2.05, 4.69) is 5.10 Å². The summed E-state index contributed by atoms with van der Waals surface area (Å²) in [5.41, 5.74) is 1.05. The Morgan fingerprint density at radius 2 is 2.12 bits per heavy atom. The monoisotopic (exact) mass is 352 g/mol. The highest BCUT2D eigenvalue weighted by molar-refractivity contribution is 7.87. The van der Waals surface area contributed by atoms with Crippen LogP contribution in [-0.4, -0.2) is 45.1 Å². The topological polar surface area (TPSA) is 79.7 Å². The van der Waals surface area contributed by atoms with Crippen LogP contribution in [0.15, 0.2) is 41.6 Å². The van der Waals surface area contributed by atoms with E-state index in [-0.39, 0.29) is 16.7 Å². The molecule has 8 heteroatoms. The molecule has 2 heterocycles. The lowest BCUT2D eigenvalue weighted by Crippen LogP contribution is -2.11. The SMILES string of the molecule is COCCc1ccc(OS(=O)(=O)c2cnn([C@@H]3CCOC3)c2)cc1. The first-order chi connectivity index (χ1) is 11.6. The molecule has 130 valence electrons. The third kappa shape index (κ3) is 3.95. The fourth-order valence-electron chi connectivity index (χ4n) is 2.49. The van der Waals surface area contributed by atoms with Crippen LogP contribution in [0.5, 0.6) is 5.75 Å². The Bertz CT molecular complexity index is 764. The van der Waals surface area contributed by atoms with Crippen LogP contribution in [0.25, 0.3) is 0 Å². The van der Waals surface area contributed by atoms with Crippen LogP contribution in [-0.2, 0) is 26.0 Å². The van der Waals surface area contributed by atoms with Gasteiger partial charge < -0.3 is 13.7 Å². The lowest BCUT2D eigenvalue weighted by molar-refractivity contribution is 0.184. The van der Waals surface area contributed by atoms with Gasteiger partial charge in [0, 0.05) is 19.9 Å². The highest BCUT2D eigenvalue weighted by Gasteiger charge is 2.23. The average molecular weight is 352 g/mol. The van der Waals surface area contributed by atoms with Crippen molar-refractivity contribution >= 4 is 10.1 Å². The Kier molecular flexibility index (Phi) is 5.17. The van der Waals surface area contributed by atoms with E-state index in [9.17, 15) is 8.42 Å². The minimum absolute atomic E-state index is 0.0397. The molecule has 0 bridgehead atoms. The lowest BCUT2D eigenvalue weighted by atomic mass is 10.1. The molecule has 0 aliphatic carbocycles. The van der Waals surface area contributed by atoms with Crippen molar-refractivity contribution in [1.29, 1.82) is 0 Å². The highest BCUT2D eigenvalue weighted by atomic mass is 32.2. The molecule has 0 unspecified atom stereocenters. The molecule has 1 fully saturated rings. The second-order valence-electron chi connectivity index (χ2n) is 5.60. The molecule has 0 saturated carbocycles. The second kappa shape index (κ2) is 7.33. The van der Waals surface area contributed by atoms with E-state index in [0.717, 1.165) is 18.4 Å². The Hall–Kier alpha value is -1.90. The predicted octanol–water partition coefficient (Wildman–Crippen LogP) is 1.80. The third-order valence-electron chi connectivity index (χ3n) is 3.87. The summed E-state index contributed by atoms with van der Waals surface area (Å²) < 4.78 is 41.8. The minimum atomic E-state index is -3.90. The quantitative estimate of drug-likeness (QED) is 0.707. The van der Waals surface area contributed by atoms with E-state index in [1.165, 1.54) is 12.4 Å². The van der Waals surface area contributed by atoms with Gasteiger partial charge in [-0.05, 0) is 30.5 Å². The summed E-state index contributed by atoms with van der Waals surface area (Å²) in [6.45, 7) is 1.83.